The third kappa shape index (κ3) is 3.80. The van der Waals surface area contributed by atoms with E-state index in [4.69, 9.17) is 0 Å². The van der Waals surface area contributed by atoms with Gasteiger partial charge in [0.05, 0.1) is 17.2 Å². The van der Waals surface area contributed by atoms with Crippen LogP contribution in [0.2, 0.25) is 0 Å². The molecule has 0 bridgehead atoms. The minimum atomic E-state index is -2.76. The van der Waals surface area contributed by atoms with E-state index in [1.54, 1.807) is 0 Å². The summed E-state index contributed by atoms with van der Waals surface area (Å²) in [5.74, 6) is 1.13. The summed E-state index contributed by atoms with van der Waals surface area (Å²) in [5, 5.41) is 7.79. The number of H-pyrrole nitrogens is 1. The van der Waals surface area contributed by atoms with Gasteiger partial charge >= 0.3 is 0 Å². The molecule has 0 amide bonds. The third-order valence-electron chi connectivity index (χ3n) is 5.54. The number of hydrogen-bond donors (Lipinski definition) is 1. The molecule has 1 aromatic heterocycles. The maximum atomic E-state index is 11.6. The summed E-state index contributed by atoms with van der Waals surface area (Å²) in [7, 11) is -2.76. The summed E-state index contributed by atoms with van der Waals surface area (Å²) in [6.07, 6.45) is 3.82. The molecule has 6 heteroatoms. The SMILES string of the molecule is O=S1(=O)CCC(CCN2CCc3[nH]nc(-c4ccccc4)c3CC2)C1. The lowest BCUT2D eigenvalue weighted by molar-refractivity contribution is 0.266. The van der Waals surface area contributed by atoms with Crippen molar-refractivity contribution in [3.05, 3.63) is 41.6 Å². The van der Waals surface area contributed by atoms with Crippen molar-refractivity contribution in [1.29, 1.82) is 0 Å². The molecule has 2 aliphatic heterocycles. The molecule has 1 aromatic carbocycles. The van der Waals surface area contributed by atoms with Gasteiger partial charge in [0, 0.05) is 36.3 Å². The zero-order valence-electron chi connectivity index (χ0n) is 14.4. The van der Waals surface area contributed by atoms with Gasteiger partial charge in [-0.1, -0.05) is 30.3 Å². The van der Waals surface area contributed by atoms with Gasteiger partial charge in [0.2, 0.25) is 0 Å². The number of fused-ring (bicyclic) bond motifs is 1. The van der Waals surface area contributed by atoms with Crippen LogP contribution in [0.15, 0.2) is 30.3 Å². The van der Waals surface area contributed by atoms with Crippen molar-refractivity contribution in [3.8, 4) is 11.3 Å². The van der Waals surface area contributed by atoms with E-state index in [0.29, 0.717) is 17.4 Å². The molecule has 25 heavy (non-hydrogen) atoms. The Labute approximate surface area is 149 Å². The van der Waals surface area contributed by atoms with Crippen molar-refractivity contribution < 1.29 is 8.42 Å². The van der Waals surface area contributed by atoms with Gasteiger partial charge in [-0.2, -0.15) is 5.10 Å². The summed E-state index contributed by atoms with van der Waals surface area (Å²) in [6.45, 7) is 3.04. The van der Waals surface area contributed by atoms with E-state index >= 15 is 0 Å². The van der Waals surface area contributed by atoms with Crippen LogP contribution in [0.25, 0.3) is 11.3 Å². The largest absolute Gasteiger partial charge is 0.303 e. The summed E-state index contributed by atoms with van der Waals surface area (Å²) >= 11 is 0. The van der Waals surface area contributed by atoms with Gasteiger partial charge in [0.1, 0.15) is 0 Å². The van der Waals surface area contributed by atoms with Crippen LogP contribution in [0.5, 0.6) is 0 Å². The Bertz CT molecular complexity index is 830. The predicted octanol–water partition coefficient (Wildman–Crippen LogP) is 2.30. The van der Waals surface area contributed by atoms with E-state index in [0.717, 1.165) is 51.0 Å². The zero-order valence-corrected chi connectivity index (χ0v) is 15.3. The molecule has 0 spiro atoms. The van der Waals surface area contributed by atoms with Crippen LogP contribution in [0.3, 0.4) is 0 Å². The Morgan fingerprint density at radius 3 is 2.72 bits per heavy atom. The van der Waals surface area contributed by atoms with Gasteiger partial charge in [0.15, 0.2) is 9.84 Å². The van der Waals surface area contributed by atoms with Gasteiger partial charge in [-0.3, -0.25) is 5.10 Å². The molecule has 3 heterocycles. The number of rotatable bonds is 4. The molecule has 1 saturated heterocycles. The van der Waals surface area contributed by atoms with Crippen molar-refractivity contribution in [3.63, 3.8) is 0 Å². The molecule has 5 nitrogen and oxygen atoms in total. The lowest BCUT2D eigenvalue weighted by Gasteiger charge is -2.21. The molecule has 0 aliphatic carbocycles. The van der Waals surface area contributed by atoms with Gasteiger partial charge in [-0.05, 0) is 31.7 Å². The number of hydrogen-bond acceptors (Lipinski definition) is 4. The zero-order chi connectivity index (χ0) is 17.3. The van der Waals surface area contributed by atoms with Crippen LogP contribution in [-0.4, -0.2) is 54.7 Å². The Morgan fingerprint density at radius 2 is 1.96 bits per heavy atom. The first-order valence-electron chi connectivity index (χ1n) is 9.15. The van der Waals surface area contributed by atoms with E-state index < -0.39 is 9.84 Å². The number of nitrogens with zero attached hydrogens (tertiary/aromatic N) is 2. The van der Waals surface area contributed by atoms with Crippen LogP contribution < -0.4 is 0 Å². The second kappa shape index (κ2) is 6.92. The first-order valence-corrected chi connectivity index (χ1v) is 11.0. The monoisotopic (exact) mass is 359 g/mol. The molecule has 4 rings (SSSR count). The van der Waals surface area contributed by atoms with Crippen molar-refractivity contribution in [2.75, 3.05) is 31.1 Å². The highest BCUT2D eigenvalue weighted by Crippen LogP contribution is 2.27. The van der Waals surface area contributed by atoms with Crippen LogP contribution in [0.4, 0.5) is 0 Å². The molecule has 1 atom stereocenters. The fraction of sp³-hybridized carbons (Fsp3) is 0.526. The van der Waals surface area contributed by atoms with Crippen molar-refractivity contribution >= 4 is 9.84 Å². The second-order valence-electron chi connectivity index (χ2n) is 7.29. The molecule has 0 saturated carbocycles. The third-order valence-corrected chi connectivity index (χ3v) is 7.37. The molecule has 1 unspecified atom stereocenters. The van der Waals surface area contributed by atoms with Crippen LogP contribution >= 0.6 is 0 Å². The first-order chi connectivity index (χ1) is 12.1. The van der Waals surface area contributed by atoms with Gasteiger partial charge in [0.25, 0.3) is 0 Å². The van der Waals surface area contributed by atoms with E-state index in [1.165, 1.54) is 16.8 Å². The van der Waals surface area contributed by atoms with Crippen molar-refractivity contribution in [1.82, 2.24) is 15.1 Å². The van der Waals surface area contributed by atoms with Crippen LogP contribution in [0.1, 0.15) is 24.1 Å². The van der Waals surface area contributed by atoms with E-state index in [1.807, 2.05) is 6.07 Å². The first kappa shape index (κ1) is 16.8. The summed E-state index contributed by atoms with van der Waals surface area (Å²) in [5.41, 5.74) is 4.85. The lowest BCUT2D eigenvalue weighted by Crippen LogP contribution is -2.29. The number of benzene rings is 1. The van der Waals surface area contributed by atoms with Gasteiger partial charge < -0.3 is 4.90 Å². The molecule has 1 fully saturated rings. The minimum Gasteiger partial charge on any atom is -0.303 e. The maximum absolute atomic E-state index is 11.6. The highest BCUT2D eigenvalue weighted by atomic mass is 32.2. The molecule has 2 aliphatic rings. The van der Waals surface area contributed by atoms with E-state index in [-0.39, 0.29) is 0 Å². The number of nitrogens with one attached hydrogen (secondary N) is 1. The average molecular weight is 359 g/mol. The Hall–Kier alpha value is -1.66. The average Bonchev–Trinajstić information content (AvgIpc) is 3.11. The quantitative estimate of drug-likeness (QED) is 0.910. The fourth-order valence-corrected chi connectivity index (χ4v) is 5.96. The number of sulfone groups is 1. The topological polar surface area (TPSA) is 66.1 Å². The number of aromatic amines is 1. The predicted molar refractivity (Wildman–Crippen MR) is 99.2 cm³/mol. The Kier molecular flexibility index (Phi) is 4.65. The molecule has 2 aromatic rings. The normalized spacial score (nSPS) is 23.3. The molecular formula is C19H25N3O2S. The highest BCUT2D eigenvalue weighted by molar-refractivity contribution is 7.91. The highest BCUT2D eigenvalue weighted by Gasteiger charge is 2.28. The van der Waals surface area contributed by atoms with E-state index in [2.05, 4.69) is 39.4 Å². The standard InChI is InChI=1S/C19H25N3O2S/c23-25(24)13-9-15(14-25)6-10-22-11-7-17-18(8-12-22)20-21-19(17)16-4-2-1-3-5-16/h1-5,15H,6-14H2,(H,20,21). The Balaban J connectivity index is 1.39. The minimum absolute atomic E-state index is 0.354. The summed E-state index contributed by atoms with van der Waals surface area (Å²) in [6, 6.07) is 10.4. The fourth-order valence-electron chi connectivity index (χ4n) is 4.05. The van der Waals surface area contributed by atoms with E-state index in [9.17, 15) is 8.42 Å². The lowest BCUT2D eigenvalue weighted by atomic mass is 10.0. The number of aromatic nitrogens is 2. The summed E-state index contributed by atoms with van der Waals surface area (Å²) < 4.78 is 23.2. The van der Waals surface area contributed by atoms with Crippen LogP contribution in [0, 0.1) is 5.92 Å². The molecule has 1 N–H and O–H groups in total. The van der Waals surface area contributed by atoms with Crippen molar-refractivity contribution in [2.24, 2.45) is 5.92 Å². The molecular weight excluding hydrogens is 334 g/mol. The van der Waals surface area contributed by atoms with Gasteiger partial charge in [-0.25, -0.2) is 8.42 Å². The van der Waals surface area contributed by atoms with Crippen LogP contribution in [-0.2, 0) is 22.7 Å². The summed E-state index contributed by atoms with van der Waals surface area (Å²) in [4.78, 5) is 2.48. The second-order valence-corrected chi connectivity index (χ2v) is 9.52. The van der Waals surface area contributed by atoms with Gasteiger partial charge in [-0.15, -0.1) is 0 Å². The van der Waals surface area contributed by atoms with Crippen molar-refractivity contribution in [2.45, 2.75) is 25.7 Å². The molecule has 0 radical (unpaired) electrons. The molecule has 134 valence electrons. The smallest absolute Gasteiger partial charge is 0.150 e. The Morgan fingerprint density at radius 1 is 1.16 bits per heavy atom. The maximum Gasteiger partial charge on any atom is 0.150 e.